The molecule has 1 heterocycles. The van der Waals surface area contributed by atoms with Crippen LogP contribution < -0.4 is 5.32 Å². The lowest BCUT2D eigenvalue weighted by molar-refractivity contribution is -0.139. The van der Waals surface area contributed by atoms with Gasteiger partial charge in [-0.05, 0) is 42.2 Å². The Bertz CT molecular complexity index is 948. The Balaban J connectivity index is 1.79. The maximum atomic E-state index is 14.3. The average Bonchev–Trinajstić information content (AvgIpc) is 3.01. The topological polar surface area (TPSA) is 54.1 Å². The van der Waals surface area contributed by atoms with Crippen molar-refractivity contribution in [2.75, 3.05) is 13.7 Å². The maximum Gasteiger partial charge on any atom is 0.319 e. The van der Waals surface area contributed by atoms with E-state index in [9.17, 15) is 9.18 Å². The van der Waals surface area contributed by atoms with E-state index in [1.807, 2.05) is 18.2 Å². The van der Waals surface area contributed by atoms with Gasteiger partial charge in [0.15, 0.2) is 0 Å². The smallest absolute Gasteiger partial charge is 0.319 e. The van der Waals surface area contributed by atoms with E-state index in [0.717, 1.165) is 40.6 Å². The Hall–Kier alpha value is -2.66. The van der Waals surface area contributed by atoms with Gasteiger partial charge >= 0.3 is 5.97 Å². The number of rotatable bonds is 4. The number of hydrogen-bond acceptors (Lipinski definition) is 3. The number of methoxy groups -OCH3 is 1. The molecule has 0 spiro atoms. The Morgan fingerprint density at radius 2 is 2.12 bits per heavy atom. The molecule has 1 aliphatic rings. The highest BCUT2D eigenvalue weighted by Gasteiger charge is 2.26. The summed E-state index contributed by atoms with van der Waals surface area (Å²) < 4.78 is 19.0. The van der Waals surface area contributed by atoms with Gasteiger partial charge in [0.25, 0.3) is 0 Å². The number of aromatic nitrogens is 1. The number of H-pyrrole nitrogens is 1. The molecule has 3 aromatic rings. The number of esters is 1. The summed E-state index contributed by atoms with van der Waals surface area (Å²) in [5.41, 5.74) is 4.73. The third kappa shape index (κ3) is 2.70. The first-order valence-electron chi connectivity index (χ1n) is 8.37. The van der Waals surface area contributed by atoms with Gasteiger partial charge in [-0.1, -0.05) is 24.3 Å². The molecule has 0 aliphatic heterocycles. The molecule has 5 heteroatoms. The Morgan fingerprint density at radius 3 is 2.92 bits per heavy atom. The molecule has 2 aromatic carbocycles. The van der Waals surface area contributed by atoms with Crippen molar-refractivity contribution in [3.05, 3.63) is 59.4 Å². The molecule has 128 valence electrons. The van der Waals surface area contributed by atoms with Gasteiger partial charge in [0.1, 0.15) is 5.82 Å². The molecule has 1 aromatic heterocycles. The number of aromatic amines is 1. The predicted octanol–water partition coefficient (Wildman–Crippen LogP) is 3.72. The summed E-state index contributed by atoms with van der Waals surface area (Å²) in [6.07, 6.45) is 1.67. The molecule has 4 rings (SSSR count). The predicted molar refractivity (Wildman–Crippen MR) is 94.8 cm³/mol. The molecule has 2 N–H and O–H groups in total. The van der Waals surface area contributed by atoms with E-state index in [1.165, 1.54) is 13.2 Å². The highest BCUT2D eigenvalue weighted by molar-refractivity contribution is 5.94. The fourth-order valence-corrected chi connectivity index (χ4v) is 3.72. The lowest BCUT2D eigenvalue weighted by Gasteiger charge is -2.24. The summed E-state index contributed by atoms with van der Waals surface area (Å²) in [5.74, 6) is -0.503. The molecule has 0 fully saturated rings. The van der Waals surface area contributed by atoms with E-state index < -0.39 is 0 Å². The highest BCUT2D eigenvalue weighted by atomic mass is 19.1. The fraction of sp³-hybridized carbons (Fsp3) is 0.250. The van der Waals surface area contributed by atoms with Gasteiger partial charge < -0.3 is 15.0 Å². The molecule has 1 unspecified atom stereocenters. The molecular weight excluding hydrogens is 319 g/mol. The molecule has 1 atom stereocenters. The fourth-order valence-electron chi connectivity index (χ4n) is 3.72. The third-order valence-electron chi connectivity index (χ3n) is 4.88. The van der Waals surface area contributed by atoms with Crippen LogP contribution in [0, 0.1) is 5.82 Å². The molecule has 25 heavy (non-hydrogen) atoms. The number of hydrogen-bond donors (Lipinski definition) is 2. The van der Waals surface area contributed by atoms with Crippen LogP contribution in [0.5, 0.6) is 0 Å². The molecule has 0 radical (unpaired) electrons. The molecule has 1 aliphatic carbocycles. The summed E-state index contributed by atoms with van der Waals surface area (Å²) >= 11 is 0. The number of nitrogens with one attached hydrogen (secondary N) is 2. The van der Waals surface area contributed by atoms with Gasteiger partial charge in [0.2, 0.25) is 0 Å². The summed E-state index contributed by atoms with van der Waals surface area (Å²) in [6, 6.07) is 13.0. The Morgan fingerprint density at radius 1 is 1.28 bits per heavy atom. The van der Waals surface area contributed by atoms with Crippen LogP contribution in [0.25, 0.3) is 22.2 Å². The lowest BCUT2D eigenvalue weighted by Crippen LogP contribution is -2.30. The van der Waals surface area contributed by atoms with Crippen LogP contribution in [0.4, 0.5) is 4.39 Å². The van der Waals surface area contributed by atoms with Crippen molar-refractivity contribution in [2.45, 2.75) is 18.9 Å². The van der Waals surface area contributed by atoms with Crippen LogP contribution in [0.3, 0.4) is 0 Å². The Kier molecular flexibility index (Phi) is 4.01. The second-order valence-corrected chi connectivity index (χ2v) is 6.28. The zero-order chi connectivity index (χ0) is 17.4. The summed E-state index contributed by atoms with van der Waals surface area (Å²) in [4.78, 5) is 14.8. The first-order valence-corrected chi connectivity index (χ1v) is 8.37. The van der Waals surface area contributed by atoms with Crippen molar-refractivity contribution in [3.63, 3.8) is 0 Å². The standard InChI is InChI=1S/C20H19FN2O2/c1-25-18(24)11-22-16-10-9-14-19-13(16)6-4-8-17(19)23-20(14)12-5-2-3-7-15(12)21/h2-8,16,22-23H,9-11H2,1H3. The van der Waals surface area contributed by atoms with Crippen molar-refractivity contribution in [1.82, 2.24) is 10.3 Å². The van der Waals surface area contributed by atoms with Crippen molar-refractivity contribution in [3.8, 4) is 11.3 Å². The number of carbonyl (C=O) groups is 1. The van der Waals surface area contributed by atoms with Crippen molar-refractivity contribution < 1.29 is 13.9 Å². The number of carbonyl (C=O) groups excluding carboxylic acids is 1. The van der Waals surface area contributed by atoms with Crippen molar-refractivity contribution in [1.29, 1.82) is 0 Å². The van der Waals surface area contributed by atoms with Crippen LogP contribution in [0.2, 0.25) is 0 Å². The van der Waals surface area contributed by atoms with E-state index in [1.54, 1.807) is 12.1 Å². The van der Waals surface area contributed by atoms with Gasteiger partial charge in [0, 0.05) is 22.5 Å². The number of ether oxygens (including phenoxy) is 1. The van der Waals surface area contributed by atoms with Gasteiger partial charge in [0.05, 0.1) is 19.3 Å². The quantitative estimate of drug-likeness (QED) is 0.713. The number of aryl methyl sites for hydroxylation is 1. The highest BCUT2D eigenvalue weighted by Crippen LogP contribution is 2.41. The first kappa shape index (κ1) is 15.8. The second-order valence-electron chi connectivity index (χ2n) is 6.28. The van der Waals surface area contributed by atoms with Crippen LogP contribution in [0.1, 0.15) is 23.6 Å². The molecule has 0 saturated heterocycles. The largest absolute Gasteiger partial charge is 0.468 e. The van der Waals surface area contributed by atoms with Gasteiger partial charge in [-0.25, -0.2) is 4.39 Å². The monoisotopic (exact) mass is 338 g/mol. The summed E-state index contributed by atoms with van der Waals surface area (Å²) in [6.45, 7) is 0.178. The summed E-state index contributed by atoms with van der Waals surface area (Å²) in [7, 11) is 1.39. The third-order valence-corrected chi connectivity index (χ3v) is 4.88. The van der Waals surface area contributed by atoms with Crippen LogP contribution in [-0.4, -0.2) is 24.6 Å². The molecule has 0 bridgehead atoms. The average molecular weight is 338 g/mol. The van der Waals surface area contributed by atoms with E-state index in [2.05, 4.69) is 16.4 Å². The van der Waals surface area contributed by atoms with Gasteiger partial charge in [-0.3, -0.25) is 4.79 Å². The molecule has 0 amide bonds. The van der Waals surface area contributed by atoms with Crippen LogP contribution in [-0.2, 0) is 16.0 Å². The molecule has 0 saturated carbocycles. The van der Waals surface area contributed by atoms with Gasteiger partial charge in [-0.2, -0.15) is 0 Å². The van der Waals surface area contributed by atoms with Crippen LogP contribution in [0.15, 0.2) is 42.5 Å². The van der Waals surface area contributed by atoms with E-state index in [-0.39, 0.29) is 24.4 Å². The van der Waals surface area contributed by atoms with Crippen molar-refractivity contribution >= 4 is 16.9 Å². The number of benzene rings is 2. The molecular formula is C20H19FN2O2. The van der Waals surface area contributed by atoms with E-state index in [4.69, 9.17) is 4.74 Å². The zero-order valence-corrected chi connectivity index (χ0v) is 13.9. The summed E-state index contributed by atoms with van der Waals surface area (Å²) in [5, 5.41) is 4.40. The SMILES string of the molecule is COC(=O)CNC1CCc2c(-c3ccccc3F)[nH]c3cccc1c23. The minimum Gasteiger partial charge on any atom is -0.468 e. The molecule has 4 nitrogen and oxygen atoms in total. The van der Waals surface area contributed by atoms with Crippen molar-refractivity contribution in [2.24, 2.45) is 0 Å². The van der Waals surface area contributed by atoms with Crippen LogP contribution >= 0.6 is 0 Å². The lowest BCUT2D eigenvalue weighted by atomic mass is 9.87. The van der Waals surface area contributed by atoms with E-state index >= 15 is 0 Å². The van der Waals surface area contributed by atoms with Gasteiger partial charge in [-0.15, -0.1) is 0 Å². The minimum absolute atomic E-state index is 0.0829. The number of halogens is 1. The normalized spacial score (nSPS) is 16.2. The zero-order valence-electron chi connectivity index (χ0n) is 13.9. The van der Waals surface area contributed by atoms with E-state index in [0.29, 0.717) is 5.56 Å². The Labute approximate surface area is 145 Å². The second kappa shape index (κ2) is 6.33. The minimum atomic E-state index is -0.279. The first-order chi connectivity index (χ1) is 12.2. The maximum absolute atomic E-state index is 14.3.